The molecule has 7 nitrogen and oxygen atoms in total. The van der Waals surface area contributed by atoms with Crippen molar-refractivity contribution in [2.75, 3.05) is 5.75 Å². The highest BCUT2D eigenvalue weighted by Crippen LogP contribution is 2.24. The lowest BCUT2D eigenvalue weighted by molar-refractivity contribution is -0.117. The molecule has 1 fully saturated rings. The predicted molar refractivity (Wildman–Crippen MR) is 110 cm³/mol. The van der Waals surface area contributed by atoms with Crippen molar-refractivity contribution in [3.8, 4) is 11.4 Å². The molecule has 0 unspecified atom stereocenters. The van der Waals surface area contributed by atoms with Gasteiger partial charge in [-0.15, -0.1) is 16.8 Å². The van der Waals surface area contributed by atoms with Crippen LogP contribution in [0.1, 0.15) is 32.1 Å². The monoisotopic (exact) mass is 417 g/mol. The van der Waals surface area contributed by atoms with Crippen LogP contribution in [0.4, 0.5) is 9.18 Å². The number of hydrogen-bond acceptors (Lipinski definition) is 5. The minimum atomic E-state index is -0.456. The molecule has 0 atom stereocenters. The number of carbonyl (C=O) groups excluding carboxylic acids is 2. The summed E-state index contributed by atoms with van der Waals surface area (Å²) >= 11 is 1.18. The van der Waals surface area contributed by atoms with Crippen molar-refractivity contribution in [1.29, 1.82) is 0 Å². The van der Waals surface area contributed by atoms with Gasteiger partial charge in [0.1, 0.15) is 5.82 Å². The quantitative estimate of drug-likeness (QED) is 0.532. The predicted octanol–water partition coefficient (Wildman–Crippen LogP) is 3.52. The van der Waals surface area contributed by atoms with E-state index >= 15 is 0 Å². The maximum atomic E-state index is 13.2. The molecule has 1 heterocycles. The summed E-state index contributed by atoms with van der Waals surface area (Å²) in [6.07, 6.45) is 6.99. The molecule has 1 aromatic carbocycles. The van der Waals surface area contributed by atoms with Gasteiger partial charge >= 0.3 is 6.03 Å². The second-order valence-corrected chi connectivity index (χ2v) is 7.80. The van der Waals surface area contributed by atoms with Crippen molar-refractivity contribution in [3.05, 3.63) is 42.7 Å². The van der Waals surface area contributed by atoms with E-state index in [1.807, 2.05) is 0 Å². The minimum absolute atomic E-state index is 0.0246. The molecule has 0 radical (unpaired) electrons. The summed E-state index contributed by atoms with van der Waals surface area (Å²) in [5, 5.41) is 14.0. The lowest BCUT2D eigenvalue weighted by Gasteiger charge is -2.22. The lowest BCUT2D eigenvalue weighted by Crippen LogP contribution is -2.45. The Morgan fingerprint density at radius 1 is 1.21 bits per heavy atom. The Labute approximate surface area is 173 Å². The molecular weight excluding hydrogens is 393 g/mol. The van der Waals surface area contributed by atoms with Gasteiger partial charge in [0.05, 0.1) is 5.75 Å². The fourth-order valence-corrected chi connectivity index (χ4v) is 4.01. The first-order valence-electron chi connectivity index (χ1n) is 9.60. The van der Waals surface area contributed by atoms with Crippen LogP contribution in [0.5, 0.6) is 0 Å². The van der Waals surface area contributed by atoms with Crippen LogP contribution < -0.4 is 10.6 Å². The molecule has 0 spiro atoms. The number of allylic oxidation sites excluding steroid dienone is 1. The van der Waals surface area contributed by atoms with E-state index < -0.39 is 11.9 Å². The standard InChI is InChI=1S/C20H24FN5O2S/c1-2-12-26-18(14-8-10-15(21)11-9-14)24-25-20(26)29-13-17(27)23-19(28)22-16-6-4-3-5-7-16/h2,8-11,16H,1,3-7,12-13H2,(H2,22,23,27,28). The first kappa shape index (κ1) is 21.0. The molecule has 1 aromatic heterocycles. The molecule has 3 rings (SSSR count). The molecule has 1 aliphatic rings. The lowest BCUT2D eigenvalue weighted by atomic mass is 9.96. The number of imide groups is 1. The van der Waals surface area contributed by atoms with E-state index in [9.17, 15) is 14.0 Å². The highest BCUT2D eigenvalue weighted by molar-refractivity contribution is 7.99. The van der Waals surface area contributed by atoms with Gasteiger partial charge in [0, 0.05) is 18.2 Å². The number of halogens is 1. The molecular formula is C20H24FN5O2S. The highest BCUT2D eigenvalue weighted by Gasteiger charge is 2.18. The van der Waals surface area contributed by atoms with Gasteiger partial charge in [-0.05, 0) is 37.1 Å². The second-order valence-electron chi connectivity index (χ2n) is 6.86. The van der Waals surface area contributed by atoms with Gasteiger partial charge in [0.2, 0.25) is 5.91 Å². The Morgan fingerprint density at radius 3 is 2.62 bits per heavy atom. The van der Waals surface area contributed by atoms with Crippen molar-refractivity contribution in [1.82, 2.24) is 25.4 Å². The minimum Gasteiger partial charge on any atom is -0.335 e. The van der Waals surface area contributed by atoms with E-state index in [0.717, 1.165) is 25.7 Å². The van der Waals surface area contributed by atoms with E-state index in [-0.39, 0.29) is 17.6 Å². The number of amides is 3. The van der Waals surface area contributed by atoms with Crippen LogP contribution in [0.25, 0.3) is 11.4 Å². The van der Waals surface area contributed by atoms with Crippen molar-refractivity contribution < 1.29 is 14.0 Å². The number of urea groups is 1. The van der Waals surface area contributed by atoms with Crippen LogP contribution >= 0.6 is 11.8 Å². The number of aromatic nitrogens is 3. The Balaban J connectivity index is 1.58. The molecule has 3 amide bonds. The number of hydrogen-bond donors (Lipinski definition) is 2. The van der Waals surface area contributed by atoms with Gasteiger partial charge in [-0.1, -0.05) is 37.1 Å². The van der Waals surface area contributed by atoms with Crippen LogP contribution in [0, 0.1) is 5.82 Å². The first-order valence-corrected chi connectivity index (χ1v) is 10.6. The van der Waals surface area contributed by atoms with Crippen molar-refractivity contribution in [2.45, 2.75) is 49.8 Å². The largest absolute Gasteiger partial charge is 0.335 e. The third kappa shape index (κ3) is 5.90. The third-order valence-electron chi connectivity index (χ3n) is 4.66. The molecule has 0 saturated heterocycles. The van der Waals surface area contributed by atoms with Gasteiger partial charge in [-0.25, -0.2) is 9.18 Å². The normalized spacial score (nSPS) is 14.4. The smallest absolute Gasteiger partial charge is 0.321 e. The fraction of sp³-hybridized carbons (Fsp3) is 0.400. The zero-order valence-electron chi connectivity index (χ0n) is 16.1. The summed E-state index contributed by atoms with van der Waals surface area (Å²) in [5.74, 6) is -0.152. The van der Waals surface area contributed by atoms with Crippen LogP contribution in [-0.4, -0.2) is 38.5 Å². The van der Waals surface area contributed by atoms with Gasteiger partial charge in [0.15, 0.2) is 11.0 Å². The van der Waals surface area contributed by atoms with Crippen LogP contribution in [0.15, 0.2) is 42.1 Å². The topological polar surface area (TPSA) is 88.9 Å². The fourth-order valence-electron chi connectivity index (χ4n) is 3.26. The van der Waals surface area contributed by atoms with E-state index in [1.54, 1.807) is 22.8 Å². The average molecular weight is 418 g/mol. The molecule has 154 valence electrons. The average Bonchev–Trinajstić information content (AvgIpc) is 3.10. The van der Waals surface area contributed by atoms with Crippen molar-refractivity contribution in [2.24, 2.45) is 0 Å². The van der Waals surface area contributed by atoms with E-state index in [2.05, 4.69) is 27.4 Å². The zero-order valence-corrected chi connectivity index (χ0v) is 16.9. The number of carbonyl (C=O) groups is 2. The SMILES string of the molecule is C=CCn1c(SCC(=O)NC(=O)NC2CCCCC2)nnc1-c1ccc(F)cc1. The molecule has 1 aliphatic carbocycles. The molecule has 0 aliphatic heterocycles. The van der Waals surface area contributed by atoms with Crippen molar-refractivity contribution >= 4 is 23.7 Å². The van der Waals surface area contributed by atoms with E-state index in [4.69, 9.17) is 0 Å². The van der Waals surface area contributed by atoms with Gasteiger partial charge in [-0.2, -0.15) is 0 Å². The molecule has 2 aromatic rings. The Morgan fingerprint density at radius 2 is 1.93 bits per heavy atom. The Kier molecular flexibility index (Phi) is 7.40. The number of nitrogens with zero attached hydrogens (tertiary/aromatic N) is 3. The Bertz CT molecular complexity index is 862. The molecule has 1 saturated carbocycles. The number of thioether (sulfide) groups is 1. The van der Waals surface area contributed by atoms with Gasteiger partial charge in [0.25, 0.3) is 0 Å². The van der Waals surface area contributed by atoms with Gasteiger partial charge < -0.3 is 5.32 Å². The molecule has 2 N–H and O–H groups in total. The van der Waals surface area contributed by atoms with Gasteiger partial charge in [-0.3, -0.25) is 14.7 Å². The third-order valence-corrected chi connectivity index (χ3v) is 5.62. The maximum absolute atomic E-state index is 13.2. The summed E-state index contributed by atoms with van der Waals surface area (Å²) in [5.41, 5.74) is 0.712. The number of benzene rings is 1. The molecule has 0 bridgehead atoms. The number of nitrogens with one attached hydrogen (secondary N) is 2. The number of rotatable bonds is 7. The van der Waals surface area contributed by atoms with Crippen LogP contribution in [-0.2, 0) is 11.3 Å². The summed E-state index contributed by atoms with van der Waals surface area (Å²) in [6, 6.07) is 5.63. The maximum Gasteiger partial charge on any atom is 0.321 e. The van der Waals surface area contributed by atoms with Crippen molar-refractivity contribution in [3.63, 3.8) is 0 Å². The summed E-state index contributed by atoms with van der Waals surface area (Å²) < 4.78 is 15.0. The first-order chi connectivity index (χ1) is 14.1. The highest BCUT2D eigenvalue weighted by atomic mass is 32.2. The van der Waals surface area contributed by atoms with E-state index in [1.165, 1.54) is 30.3 Å². The van der Waals surface area contributed by atoms with E-state index in [0.29, 0.717) is 23.1 Å². The second kappa shape index (κ2) is 10.2. The molecule has 9 heteroatoms. The van der Waals surface area contributed by atoms with Crippen LogP contribution in [0.2, 0.25) is 0 Å². The summed E-state index contributed by atoms with van der Waals surface area (Å²) in [6.45, 7) is 4.17. The summed E-state index contributed by atoms with van der Waals surface area (Å²) in [7, 11) is 0. The zero-order chi connectivity index (χ0) is 20.6. The molecule has 29 heavy (non-hydrogen) atoms. The summed E-state index contributed by atoms with van der Waals surface area (Å²) in [4.78, 5) is 24.1. The van der Waals surface area contributed by atoms with Crippen LogP contribution in [0.3, 0.4) is 0 Å². The Hall–Kier alpha value is -2.68.